The molecule has 0 fully saturated rings. The van der Waals surface area contributed by atoms with E-state index in [9.17, 15) is 4.79 Å². The van der Waals surface area contributed by atoms with Crippen LogP contribution in [0.5, 0.6) is 0 Å². The van der Waals surface area contributed by atoms with Crippen molar-refractivity contribution in [3.63, 3.8) is 0 Å². The van der Waals surface area contributed by atoms with Crippen LogP contribution in [0.4, 0.5) is 11.5 Å². The number of amides is 1. The van der Waals surface area contributed by atoms with E-state index in [0.29, 0.717) is 21.4 Å². The monoisotopic (exact) mass is 277 g/mol. The first-order valence-corrected chi connectivity index (χ1v) is 6.37. The third-order valence-electron chi connectivity index (χ3n) is 2.56. The second kappa shape index (κ2) is 4.12. The van der Waals surface area contributed by atoms with Crippen LogP contribution in [0.1, 0.15) is 10.4 Å². The van der Waals surface area contributed by atoms with E-state index < -0.39 is 0 Å². The zero-order valence-electron chi connectivity index (χ0n) is 9.11. The highest BCUT2D eigenvalue weighted by molar-refractivity contribution is 7.17. The van der Waals surface area contributed by atoms with Crippen LogP contribution in [-0.2, 0) is 4.79 Å². The Labute approximate surface area is 112 Å². The highest BCUT2D eigenvalue weighted by Crippen LogP contribution is 2.34. The Kier molecular flexibility index (Phi) is 2.57. The molecule has 6 heteroatoms. The summed E-state index contributed by atoms with van der Waals surface area (Å²) in [4.78, 5) is 16.9. The number of nitrogen functional groups attached to an aromatic ring is 1. The van der Waals surface area contributed by atoms with E-state index in [1.165, 1.54) is 17.5 Å². The highest BCUT2D eigenvalue weighted by atomic mass is 35.5. The average molecular weight is 278 g/mol. The first kappa shape index (κ1) is 11.3. The lowest BCUT2D eigenvalue weighted by Crippen LogP contribution is -2.04. The van der Waals surface area contributed by atoms with E-state index in [1.54, 1.807) is 18.2 Å². The van der Waals surface area contributed by atoms with Crippen molar-refractivity contribution in [2.45, 2.75) is 0 Å². The summed E-state index contributed by atoms with van der Waals surface area (Å²) in [5.74, 6) is 0.371. The number of hydrogen-bond acceptors (Lipinski definition) is 4. The summed E-state index contributed by atoms with van der Waals surface area (Å²) in [6, 6.07) is 5.40. The van der Waals surface area contributed by atoms with E-state index in [1.807, 2.05) is 6.07 Å². The SMILES string of the molecule is Nc1cnc2c(c1)C(=Cc1ccc(Cl)s1)C(=O)N2. The zero-order valence-corrected chi connectivity index (χ0v) is 10.7. The molecule has 4 nitrogen and oxygen atoms in total. The molecule has 1 amide bonds. The molecule has 0 spiro atoms. The van der Waals surface area contributed by atoms with Gasteiger partial charge in [-0.25, -0.2) is 4.98 Å². The summed E-state index contributed by atoms with van der Waals surface area (Å²) in [5.41, 5.74) is 7.50. The van der Waals surface area contributed by atoms with Gasteiger partial charge in [0.25, 0.3) is 5.91 Å². The quantitative estimate of drug-likeness (QED) is 0.788. The van der Waals surface area contributed by atoms with Gasteiger partial charge in [0.1, 0.15) is 5.82 Å². The Morgan fingerprint density at radius 1 is 1.44 bits per heavy atom. The molecule has 3 rings (SSSR count). The van der Waals surface area contributed by atoms with E-state index in [-0.39, 0.29) is 5.91 Å². The largest absolute Gasteiger partial charge is 0.397 e. The fourth-order valence-electron chi connectivity index (χ4n) is 1.77. The molecule has 0 aliphatic carbocycles. The fraction of sp³-hybridized carbons (Fsp3) is 0. The van der Waals surface area contributed by atoms with Gasteiger partial charge in [0, 0.05) is 10.4 Å². The molecule has 0 bridgehead atoms. The predicted octanol–water partition coefficient (Wildman–Crippen LogP) is 2.87. The summed E-state index contributed by atoms with van der Waals surface area (Å²) < 4.78 is 0.686. The highest BCUT2D eigenvalue weighted by Gasteiger charge is 2.25. The number of thiophene rings is 1. The van der Waals surface area contributed by atoms with Crippen LogP contribution in [0.2, 0.25) is 4.34 Å². The van der Waals surface area contributed by atoms with Crippen molar-refractivity contribution in [3.8, 4) is 0 Å². The van der Waals surface area contributed by atoms with Gasteiger partial charge in [-0.3, -0.25) is 4.79 Å². The van der Waals surface area contributed by atoms with Crippen molar-refractivity contribution in [2.75, 3.05) is 11.1 Å². The number of rotatable bonds is 1. The Balaban J connectivity index is 2.11. The van der Waals surface area contributed by atoms with E-state index >= 15 is 0 Å². The molecule has 3 N–H and O–H groups in total. The van der Waals surface area contributed by atoms with Gasteiger partial charge in [0.15, 0.2) is 0 Å². The maximum atomic E-state index is 11.9. The van der Waals surface area contributed by atoms with Gasteiger partial charge in [-0.2, -0.15) is 0 Å². The zero-order chi connectivity index (χ0) is 12.7. The van der Waals surface area contributed by atoms with Crippen molar-refractivity contribution in [2.24, 2.45) is 0 Å². The van der Waals surface area contributed by atoms with Gasteiger partial charge >= 0.3 is 0 Å². The summed E-state index contributed by atoms with van der Waals surface area (Å²) >= 11 is 7.28. The lowest BCUT2D eigenvalue weighted by Gasteiger charge is -1.98. The second-order valence-corrected chi connectivity index (χ2v) is 5.57. The fourth-order valence-corrected chi connectivity index (χ4v) is 2.78. The number of carbonyl (C=O) groups excluding carboxylic acids is 1. The van der Waals surface area contributed by atoms with Crippen molar-refractivity contribution in [3.05, 3.63) is 39.2 Å². The lowest BCUT2D eigenvalue weighted by atomic mass is 10.1. The van der Waals surface area contributed by atoms with Crippen molar-refractivity contribution in [1.29, 1.82) is 0 Å². The molecule has 1 aliphatic rings. The summed E-state index contributed by atoms with van der Waals surface area (Å²) in [5, 5.41) is 2.70. The van der Waals surface area contributed by atoms with E-state index in [4.69, 9.17) is 17.3 Å². The number of nitrogens with one attached hydrogen (secondary N) is 1. The van der Waals surface area contributed by atoms with Crippen LogP contribution in [-0.4, -0.2) is 10.9 Å². The Morgan fingerprint density at radius 2 is 2.28 bits per heavy atom. The number of carbonyl (C=O) groups is 1. The molecule has 0 saturated heterocycles. The summed E-state index contributed by atoms with van der Waals surface area (Å²) in [7, 11) is 0. The molecule has 3 heterocycles. The molecule has 2 aromatic rings. The molecule has 0 aromatic carbocycles. The Bertz CT molecular complexity index is 678. The summed E-state index contributed by atoms with van der Waals surface area (Å²) in [6.07, 6.45) is 3.31. The third kappa shape index (κ3) is 1.87. The van der Waals surface area contributed by atoms with Gasteiger partial charge in [0.05, 0.1) is 21.8 Å². The molecule has 2 aromatic heterocycles. The normalized spacial score (nSPS) is 15.8. The third-order valence-corrected chi connectivity index (χ3v) is 3.73. The van der Waals surface area contributed by atoms with E-state index in [0.717, 1.165) is 10.4 Å². The lowest BCUT2D eigenvalue weighted by molar-refractivity contribution is -0.110. The number of nitrogens with two attached hydrogens (primary N) is 1. The van der Waals surface area contributed by atoms with Gasteiger partial charge in [-0.15, -0.1) is 11.3 Å². The first-order chi connectivity index (χ1) is 8.63. The topological polar surface area (TPSA) is 68.0 Å². The second-order valence-electron chi connectivity index (χ2n) is 3.82. The molecule has 0 atom stereocenters. The minimum absolute atomic E-state index is 0.173. The standard InChI is InChI=1S/C12H8ClN3OS/c13-10-2-1-7(18-10)4-9-8-3-6(14)5-15-11(8)16-12(9)17/h1-5H,14H2,(H,15,16,17). The molecule has 90 valence electrons. The van der Waals surface area contributed by atoms with Gasteiger partial charge < -0.3 is 11.1 Å². The van der Waals surface area contributed by atoms with Crippen LogP contribution in [0.3, 0.4) is 0 Å². The van der Waals surface area contributed by atoms with Crippen LogP contribution in [0.15, 0.2) is 24.4 Å². The molecular weight excluding hydrogens is 270 g/mol. The van der Waals surface area contributed by atoms with Crippen LogP contribution < -0.4 is 11.1 Å². The molecule has 1 aliphatic heterocycles. The van der Waals surface area contributed by atoms with Crippen LogP contribution in [0.25, 0.3) is 11.6 Å². The van der Waals surface area contributed by atoms with Crippen molar-refractivity contribution >= 4 is 52.0 Å². The van der Waals surface area contributed by atoms with Gasteiger partial charge in [-0.1, -0.05) is 11.6 Å². The van der Waals surface area contributed by atoms with Gasteiger partial charge in [0.2, 0.25) is 0 Å². The number of nitrogens with zero attached hydrogens (tertiary/aromatic N) is 1. The molecule has 0 radical (unpaired) electrons. The smallest absolute Gasteiger partial charge is 0.257 e. The Morgan fingerprint density at radius 3 is 3.00 bits per heavy atom. The summed E-state index contributed by atoms with van der Waals surface area (Å²) in [6.45, 7) is 0. The van der Waals surface area contributed by atoms with Crippen LogP contribution >= 0.6 is 22.9 Å². The van der Waals surface area contributed by atoms with Crippen molar-refractivity contribution in [1.82, 2.24) is 4.98 Å². The predicted molar refractivity (Wildman–Crippen MR) is 74.5 cm³/mol. The molecule has 18 heavy (non-hydrogen) atoms. The van der Waals surface area contributed by atoms with Crippen molar-refractivity contribution < 1.29 is 4.79 Å². The van der Waals surface area contributed by atoms with Crippen LogP contribution in [0, 0.1) is 0 Å². The Hall–Kier alpha value is -1.85. The number of halogens is 1. The number of fused-ring (bicyclic) bond motifs is 1. The minimum Gasteiger partial charge on any atom is -0.397 e. The maximum absolute atomic E-state index is 11.9. The molecular formula is C12H8ClN3OS. The van der Waals surface area contributed by atoms with E-state index in [2.05, 4.69) is 10.3 Å². The first-order valence-electron chi connectivity index (χ1n) is 5.18. The number of aromatic nitrogens is 1. The average Bonchev–Trinajstić information content (AvgIpc) is 2.86. The number of anilines is 2. The van der Waals surface area contributed by atoms with Gasteiger partial charge in [-0.05, 0) is 24.3 Å². The minimum atomic E-state index is -0.173. The number of hydrogen-bond donors (Lipinski definition) is 2. The molecule has 0 saturated carbocycles. The maximum Gasteiger partial charge on any atom is 0.257 e. The number of pyridine rings is 1. The molecule has 0 unspecified atom stereocenters.